The maximum Gasteiger partial charge on any atom is 0.433 e. The maximum atomic E-state index is 12.6. The Kier molecular flexibility index (Phi) is 3.81. The lowest BCUT2D eigenvalue weighted by Crippen LogP contribution is -2.16. The van der Waals surface area contributed by atoms with Crippen LogP contribution in [0.25, 0.3) is 0 Å². The van der Waals surface area contributed by atoms with Gasteiger partial charge in [-0.05, 0) is 0 Å². The van der Waals surface area contributed by atoms with E-state index in [-0.39, 0.29) is 18.3 Å². The van der Waals surface area contributed by atoms with E-state index in [1.54, 1.807) is 10.9 Å². The monoisotopic (exact) mass is 290 g/mol. The lowest BCUT2D eigenvalue weighted by atomic mass is 10.3. The third-order valence-electron chi connectivity index (χ3n) is 2.08. The topological polar surface area (TPSA) is 88.8 Å². The van der Waals surface area contributed by atoms with Crippen molar-refractivity contribution in [3.63, 3.8) is 0 Å². The Hall–Kier alpha value is -1.94. The third-order valence-corrected chi connectivity index (χ3v) is 2.72. The van der Waals surface area contributed by atoms with Crippen LogP contribution >= 0.6 is 11.3 Å². The molecule has 0 aliphatic rings. The minimum atomic E-state index is -4.56. The van der Waals surface area contributed by atoms with E-state index < -0.39 is 11.9 Å². The number of alkyl halides is 3. The largest absolute Gasteiger partial charge is 0.433 e. The minimum Gasteiger partial charge on any atom is -0.364 e. The molecule has 0 unspecified atom stereocenters. The fourth-order valence-electron chi connectivity index (χ4n) is 1.25. The molecule has 0 atom stereocenters. The van der Waals surface area contributed by atoms with E-state index in [9.17, 15) is 13.2 Å². The summed E-state index contributed by atoms with van der Waals surface area (Å²) < 4.78 is 37.8. The van der Waals surface area contributed by atoms with E-state index >= 15 is 0 Å². The summed E-state index contributed by atoms with van der Waals surface area (Å²) in [5, 5.41) is 4.51. The molecule has 2 aromatic rings. The molecule has 0 radical (unpaired) electrons. The quantitative estimate of drug-likeness (QED) is 0.588. The highest BCUT2D eigenvalue weighted by Gasteiger charge is 2.33. The van der Waals surface area contributed by atoms with Crippen molar-refractivity contribution >= 4 is 23.1 Å². The zero-order valence-corrected chi connectivity index (χ0v) is 10.2. The van der Waals surface area contributed by atoms with Crippen molar-refractivity contribution in [1.29, 1.82) is 0 Å². The van der Waals surface area contributed by atoms with Crippen LogP contribution in [-0.4, -0.2) is 15.0 Å². The molecule has 0 spiro atoms. The molecule has 0 bridgehead atoms. The SMILES string of the molecule is NNc1nc(NCc2cscn2)cc(C(F)(F)F)n1. The molecule has 0 saturated carbocycles. The molecule has 6 nitrogen and oxygen atoms in total. The van der Waals surface area contributed by atoms with Crippen LogP contribution in [0.3, 0.4) is 0 Å². The second kappa shape index (κ2) is 5.36. The number of nitrogens with zero attached hydrogens (tertiary/aromatic N) is 3. The van der Waals surface area contributed by atoms with Crippen LogP contribution in [0.5, 0.6) is 0 Å². The number of hydrogen-bond acceptors (Lipinski definition) is 7. The highest BCUT2D eigenvalue weighted by atomic mass is 32.1. The van der Waals surface area contributed by atoms with E-state index in [0.717, 1.165) is 6.07 Å². The summed E-state index contributed by atoms with van der Waals surface area (Å²) in [5.74, 6) is 4.75. The van der Waals surface area contributed by atoms with Crippen LogP contribution in [0.1, 0.15) is 11.4 Å². The standard InChI is InChI=1S/C9H9F3N6S/c10-9(11,12)6-1-7(17-8(16-6)18-13)14-2-5-3-19-4-15-5/h1,3-4H,2,13H2,(H2,14,16,17,18). The van der Waals surface area contributed by atoms with Crippen LogP contribution in [0, 0.1) is 0 Å². The van der Waals surface area contributed by atoms with Gasteiger partial charge in [-0.1, -0.05) is 0 Å². The van der Waals surface area contributed by atoms with E-state index in [1.165, 1.54) is 11.3 Å². The van der Waals surface area contributed by atoms with Gasteiger partial charge in [0.15, 0.2) is 5.69 Å². The molecule has 0 aliphatic carbocycles. The molecule has 102 valence electrons. The molecule has 19 heavy (non-hydrogen) atoms. The summed E-state index contributed by atoms with van der Waals surface area (Å²) in [5.41, 5.74) is 3.26. The van der Waals surface area contributed by atoms with Crippen LogP contribution in [-0.2, 0) is 12.7 Å². The predicted molar refractivity (Wildman–Crippen MR) is 64.3 cm³/mol. The molecule has 0 fully saturated rings. The highest BCUT2D eigenvalue weighted by Crippen LogP contribution is 2.29. The number of halogens is 3. The first kappa shape index (κ1) is 13.5. The van der Waals surface area contributed by atoms with Crippen LogP contribution < -0.4 is 16.6 Å². The Morgan fingerprint density at radius 1 is 1.32 bits per heavy atom. The first-order valence-electron chi connectivity index (χ1n) is 5.03. The van der Waals surface area contributed by atoms with Crippen molar-refractivity contribution in [2.24, 2.45) is 5.84 Å². The molecular formula is C9H9F3N6S. The Morgan fingerprint density at radius 2 is 2.11 bits per heavy atom. The van der Waals surface area contributed by atoms with Gasteiger partial charge < -0.3 is 5.32 Å². The predicted octanol–water partition coefficient (Wildman–Crippen LogP) is 1.85. The van der Waals surface area contributed by atoms with Crippen molar-refractivity contribution in [3.05, 3.63) is 28.3 Å². The first-order valence-corrected chi connectivity index (χ1v) is 5.97. The number of hydrogen-bond donors (Lipinski definition) is 3. The van der Waals surface area contributed by atoms with Gasteiger partial charge in [-0.15, -0.1) is 11.3 Å². The van der Waals surface area contributed by atoms with Crippen molar-refractivity contribution in [2.75, 3.05) is 10.7 Å². The van der Waals surface area contributed by atoms with E-state index in [1.807, 2.05) is 5.43 Å². The zero-order chi connectivity index (χ0) is 13.9. The van der Waals surface area contributed by atoms with Gasteiger partial charge >= 0.3 is 6.18 Å². The molecule has 0 saturated heterocycles. The normalized spacial score (nSPS) is 11.4. The molecule has 2 aromatic heterocycles. The molecule has 4 N–H and O–H groups in total. The Bertz CT molecular complexity index is 541. The number of hydrazine groups is 1. The molecule has 0 aliphatic heterocycles. The number of anilines is 2. The average molecular weight is 290 g/mol. The maximum absolute atomic E-state index is 12.6. The van der Waals surface area contributed by atoms with Crippen LogP contribution in [0.4, 0.5) is 24.9 Å². The van der Waals surface area contributed by atoms with Gasteiger partial charge in [0, 0.05) is 11.4 Å². The molecule has 0 aromatic carbocycles. The second-order valence-corrected chi connectivity index (χ2v) is 4.16. The van der Waals surface area contributed by atoms with Gasteiger partial charge in [0.1, 0.15) is 5.82 Å². The van der Waals surface area contributed by atoms with Crippen molar-refractivity contribution in [3.8, 4) is 0 Å². The van der Waals surface area contributed by atoms with E-state index in [4.69, 9.17) is 5.84 Å². The van der Waals surface area contributed by atoms with Gasteiger partial charge in [0.2, 0.25) is 5.95 Å². The van der Waals surface area contributed by atoms with Crippen molar-refractivity contribution in [1.82, 2.24) is 15.0 Å². The molecule has 10 heteroatoms. The van der Waals surface area contributed by atoms with Gasteiger partial charge in [0.25, 0.3) is 0 Å². The zero-order valence-electron chi connectivity index (χ0n) is 9.40. The fourth-order valence-corrected chi connectivity index (χ4v) is 1.81. The molecule has 2 heterocycles. The Labute approximate surface area is 109 Å². The third kappa shape index (κ3) is 3.51. The second-order valence-electron chi connectivity index (χ2n) is 3.44. The molecule has 0 amide bonds. The number of nitrogen functional groups attached to an aromatic ring is 1. The average Bonchev–Trinajstić information content (AvgIpc) is 2.88. The lowest BCUT2D eigenvalue weighted by molar-refractivity contribution is -0.141. The number of rotatable bonds is 4. The summed E-state index contributed by atoms with van der Waals surface area (Å²) in [6, 6.07) is 0.813. The van der Waals surface area contributed by atoms with E-state index in [2.05, 4.69) is 20.3 Å². The van der Waals surface area contributed by atoms with E-state index in [0.29, 0.717) is 5.69 Å². The molecular weight excluding hydrogens is 281 g/mol. The number of thiazole rings is 1. The van der Waals surface area contributed by atoms with Crippen molar-refractivity contribution < 1.29 is 13.2 Å². The number of aromatic nitrogens is 3. The fraction of sp³-hybridized carbons (Fsp3) is 0.222. The summed E-state index contributed by atoms with van der Waals surface area (Å²) in [4.78, 5) is 11.0. The molecule has 2 rings (SSSR count). The van der Waals surface area contributed by atoms with Crippen LogP contribution in [0.15, 0.2) is 17.0 Å². The first-order chi connectivity index (χ1) is 8.99. The number of nitrogens with two attached hydrogens (primary N) is 1. The van der Waals surface area contributed by atoms with Gasteiger partial charge in [0.05, 0.1) is 17.7 Å². The Morgan fingerprint density at radius 3 is 2.68 bits per heavy atom. The van der Waals surface area contributed by atoms with Gasteiger partial charge in [-0.3, -0.25) is 5.43 Å². The summed E-state index contributed by atoms with van der Waals surface area (Å²) in [7, 11) is 0. The minimum absolute atomic E-state index is 0.0169. The van der Waals surface area contributed by atoms with Crippen molar-refractivity contribution in [2.45, 2.75) is 12.7 Å². The Balaban J connectivity index is 2.19. The van der Waals surface area contributed by atoms with Crippen LogP contribution in [0.2, 0.25) is 0 Å². The van der Waals surface area contributed by atoms with Gasteiger partial charge in [-0.2, -0.15) is 18.2 Å². The highest BCUT2D eigenvalue weighted by molar-refractivity contribution is 7.07. The summed E-state index contributed by atoms with van der Waals surface area (Å²) in [6.07, 6.45) is -4.56. The van der Waals surface area contributed by atoms with Gasteiger partial charge in [-0.25, -0.2) is 15.8 Å². The number of nitrogens with one attached hydrogen (secondary N) is 2. The smallest absolute Gasteiger partial charge is 0.364 e. The summed E-state index contributed by atoms with van der Waals surface area (Å²) in [6.45, 7) is 0.266. The summed E-state index contributed by atoms with van der Waals surface area (Å²) >= 11 is 1.39. The lowest BCUT2D eigenvalue weighted by Gasteiger charge is -2.10.